The van der Waals surface area contributed by atoms with Crippen molar-refractivity contribution in [3.8, 4) is 0 Å². The van der Waals surface area contributed by atoms with E-state index in [9.17, 15) is 10.0 Å². The molecule has 21 heavy (non-hydrogen) atoms. The van der Waals surface area contributed by atoms with Crippen LogP contribution in [0.25, 0.3) is 0 Å². The van der Waals surface area contributed by atoms with Crippen LogP contribution in [0.15, 0.2) is 24.4 Å². The lowest BCUT2D eigenvalue weighted by Gasteiger charge is -2.35. The lowest BCUT2D eigenvalue weighted by molar-refractivity contribution is -0.168. The van der Waals surface area contributed by atoms with Crippen LogP contribution in [0.3, 0.4) is 0 Å². The molecule has 0 spiro atoms. The summed E-state index contributed by atoms with van der Waals surface area (Å²) >= 11 is 0. The van der Waals surface area contributed by atoms with Crippen molar-refractivity contribution in [2.75, 3.05) is 6.54 Å². The molecule has 1 atom stereocenters. The normalized spacial score (nSPS) is 13.2. The van der Waals surface area contributed by atoms with Crippen LogP contribution in [-0.4, -0.2) is 39.4 Å². The Morgan fingerprint density at radius 1 is 1.43 bits per heavy atom. The van der Waals surface area contributed by atoms with Gasteiger partial charge >= 0.3 is 5.97 Å². The zero-order valence-electron chi connectivity index (χ0n) is 13.4. The second-order valence-corrected chi connectivity index (χ2v) is 5.76. The standard InChI is InChI=1S/C16H26N2O3/c1-5-9-13(12-16(3,4)18(20)6-2)21-15(19)14-10-7-8-11-17-14/h7-8,10-11,13,20H,5-6,9,12H2,1-4H3. The molecule has 0 fully saturated rings. The fraction of sp³-hybridized carbons (Fsp3) is 0.625. The van der Waals surface area contributed by atoms with Gasteiger partial charge in [-0.2, -0.15) is 5.06 Å². The molecule has 1 heterocycles. The average molecular weight is 294 g/mol. The van der Waals surface area contributed by atoms with Crippen molar-refractivity contribution in [2.45, 2.75) is 58.6 Å². The predicted octanol–water partition coefficient (Wildman–Crippen LogP) is 3.29. The third-order valence-electron chi connectivity index (χ3n) is 3.48. The first-order chi connectivity index (χ1) is 9.90. The predicted molar refractivity (Wildman–Crippen MR) is 81.2 cm³/mol. The maximum Gasteiger partial charge on any atom is 0.357 e. The number of hydrogen-bond donors (Lipinski definition) is 1. The summed E-state index contributed by atoms with van der Waals surface area (Å²) in [6.07, 6.45) is 3.58. The number of hydrogen-bond acceptors (Lipinski definition) is 5. The van der Waals surface area contributed by atoms with Gasteiger partial charge in [0.15, 0.2) is 0 Å². The van der Waals surface area contributed by atoms with E-state index in [1.807, 2.05) is 27.7 Å². The summed E-state index contributed by atoms with van der Waals surface area (Å²) in [7, 11) is 0. The first-order valence-electron chi connectivity index (χ1n) is 7.49. The Bertz CT molecular complexity index is 434. The second-order valence-electron chi connectivity index (χ2n) is 5.76. The molecule has 1 rings (SSSR count). The molecule has 118 valence electrons. The number of carbonyl (C=O) groups excluding carboxylic acids is 1. The van der Waals surface area contributed by atoms with Gasteiger partial charge in [-0.15, -0.1) is 0 Å². The number of esters is 1. The number of ether oxygens (including phenoxy) is 1. The fourth-order valence-electron chi connectivity index (χ4n) is 2.31. The van der Waals surface area contributed by atoms with Crippen molar-refractivity contribution in [3.63, 3.8) is 0 Å². The Labute approximate surface area is 126 Å². The maximum absolute atomic E-state index is 12.1. The Kier molecular flexibility index (Phi) is 6.78. The Hall–Kier alpha value is -1.46. The Morgan fingerprint density at radius 2 is 2.14 bits per heavy atom. The molecule has 0 amide bonds. The highest BCUT2D eigenvalue weighted by molar-refractivity contribution is 5.87. The minimum Gasteiger partial charge on any atom is -0.458 e. The van der Waals surface area contributed by atoms with Gasteiger partial charge in [0.2, 0.25) is 0 Å². The number of aromatic nitrogens is 1. The van der Waals surface area contributed by atoms with E-state index in [2.05, 4.69) is 4.98 Å². The van der Waals surface area contributed by atoms with Crippen molar-refractivity contribution < 1.29 is 14.7 Å². The Balaban J connectivity index is 2.72. The van der Waals surface area contributed by atoms with E-state index in [0.29, 0.717) is 18.7 Å². The lowest BCUT2D eigenvalue weighted by Crippen LogP contribution is -2.44. The van der Waals surface area contributed by atoms with Crippen molar-refractivity contribution in [2.24, 2.45) is 0 Å². The number of hydroxylamine groups is 2. The van der Waals surface area contributed by atoms with Gasteiger partial charge in [0, 0.05) is 24.7 Å². The first-order valence-corrected chi connectivity index (χ1v) is 7.49. The fourth-order valence-corrected chi connectivity index (χ4v) is 2.31. The summed E-state index contributed by atoms with van der Waals surface area (Å²) in [4.78, 5) is 16.1. The Morgan fingerprint density at radius 3 is 2.67 bits per heavy atom. The molecule has 0 saturated carbocycles. The van der Waals surface area contributed by atoms with Gasteiger partial charge in [0.25, 0.3) is 0 Å². The monoisotopic (exact) mass is 294 g/mol. The largest absolute Gasteiger partial charge is 0.458 e. The quantitative estimate of drug-likeness (QED) is 0.589. The highest BCUT2D eigenvalue weighted by Gasteiger charge is 2.30. The van der Waals surface area contributed by atoms with Crippen LogP contribution in [0.1, 0.15) is 57.4 Å². The van der Waals surface area contributed by atoms with Gasteiger partial charge in [-0.05, 0) is 32.4 Å². The molecule has 0 aliphatic carbocycles. The number of rotatable bonds is 8. The topological polar surface area (TPSA) is 62.7 Å². The number of pyridine rings is 1. The van der Waals surface area contributed by atoms with Crippen LogP contribution >= 0.6 is 0 Å². The number of nitrogens with zero attached hydrogens (tertiary/aromatic N) is 2. The van der Waals surface area contributed by atoms with Crippen LogP contribution < -0.4 is 0 Å². The summed E-state index contributed by atoms with van der Waals surface area (Å²) in [5, 5.41) is 11.2. The van der Waals surface area contributed by atoms with E-state index in [4.69, 9.17) is 4.74 Å². The van der Waals surface area contributed by atoms with Crippen molar-refractivity contribution in [3.05, 3.63) is 30.1 Å². The summed E-state index contributed by atoms with van der Waals surface area (Å²) < 4.78 is 5.57. The molecular formula is C16H26N2O3. The molecule has 1 aromatic rings. The summed E-state index contributed by atoms with van der Waals surface area (Å²) in [6, 6.07) is 5.16. The molecule has 0 aliphatic rings. The minimum absolute atomic E-state index is 0.235. The van der Waals surface area contributed by atoms with E-state index >= 15 is 0 Å². The molecule has 0 saturated heterocycles. The smallest absolute Gasteiger partial charge is 0.357 e. The molecule has 0 aromatic carbocycles. The van der Waals surface area contributed by atoms with Gasteiger partial charge < -0.3 is 9.94 Å². The van der Waals surface area contributed by atoms with Crippen LogP contribution in [0, 0.1) is 0 Å². The van der Waals surface area contributed by atoms with E-state index in [1.165, 1.54) is 5.06 Å². The summed E-state index contributed by atoms with van der Waals surface area (Å²) in [6.45, 7) is 8.34. The van der Waals surface area contributed by atoms with Crippen LogP contribution in [0.5, 0.6) is 0 Å². The van der Waals surface area contributed by atoms with E-state index in [1.54, 1.807) is 24.4 Å². The molecule has 0 bridgehead atoms. The third kappa shape index (κ3) is 5.44. The first kappa shape index (κ1) is 17.6. The summed E-state index contributed by atoms with van der Waals surface area (Å²) in [5.74, 6) is -0.411. The number of carbonyl (C=O) groups is 1. The van der Waals surface area contributed by atoms with Crippen LogP contribution in [0.2, 0.25) is 0 Å². The third-order valence-corrected chi connectivity index (χ3v) is 3.48. The van der Waals surface area contributed by atoms with Gasteiger partial charge in [0.05, 0.1) is 0 Å². The van der Waals surface area contributed by atoms with Crippen LogP contribution in [-0.2, 0) is 4.74 Å². The van der Waals surface area contributed by atoms with E-state index in [0.717, 1.165) is 12.8 Å². The van der Waals surface area contributed by atoms with Gasteiger partial charge in [-0.1, -0.05) is 26.3 Å². The molecule has 0 radical (unpaired) electrons. The van der Waals surface area contributed by atoms with E-state index < -0.39 is 11.5 Å². The zero-order chi connectivity index (χ0) is 15.9. The molecule has 1 N–H and O–H groups in total. The highest BCUT2D eigenvalue weighted by atomic mass is 16.5. The molecule has 1 aromatic heterocycles. The van der Waals surface area contributed by atoms with Crippen molar-refractivity contribution >= 4 is 5.97 Å². The summed E-state index contributed by atoms with van der Waals surface area (Å²) in [5.41, 5.74) is -0.133. The second kappa shape index (κ2) is 8.10. The van der Waals surface area contributed by atoms with Gasteiger partial charge in [0.1, 0.15) is 11.8 Å². The lowest BCUT2D eigenvalue weighted by atomic mass is 9.94. The average Bonchev–Trinajstić information content (AvgIpc) is 2.47. The highest BCUT2D eigenvalue weighted by Crippen LogP contribution is 2.23. The van der Waals surface area contributed by atoms with Gasteiger partial charge in [-0.25, -0.2) is 9.78 Å². The molecule has 5 nitrogen and oxygen atoms in total. The van der Waals surface area contributed by atoms with Crippen molar-refractivity contribution in [1.29, 1.82) is 0 Å². The molecular weight excluding hydrogens is 268 g/mol. The van der Waals surface area contributed by atoms with Crippen LogP contribution in [0.4, 0.5) is 0 Å². The molecule has 1 unspecified atom stereocenters. The zero-order valence-corrected chi connectivity index (χ0v) is 13.4. The SMILES string of the molecule is CCCC(CC(C)(C)N(O)CC)OC(=O)c1ccccn1. The van der Waals surface area contributed by atoms with E-state index in [-0.39, 0.29) is 6.10 Å². The van der Waals surface area contributed by atoms with Crippen molar-refractivity contribution in [1.82, 2.24) is 10.0 Å². The molecule has 5 heteroatoms. The minimum atomic E-state index is -0.445. The maximum atomic E-state index is 12.1. The molecule has 0 aliphatic heterocycles. The van der Waals surface area contributed by atoms with Gasteiger partial charge in [-0.3, -0.25) is 0 Å².